The molecule has 178 valence electrons. The van der Waals surface area contributed by atoms with Crippen molar-refractivity contribution in [3.8, 4) is 28.4 Å². The summed E-state index contributed by atoms with van der Waals surface area (Å²) in [4.78, 5) is 24.3. The predicted octanol–water partition coefficient (Wildman–Crippen LogP) is 5.44. The molecular formula is C26H26ClNO6. The second kappa shape index (κ2) is 10.9. The summed E-state index contributed by atoms with van der Waals surface area (Å²) in [6.07, 6.45) is -0.00670. The molecule has 3 aromatic rings. The van der Waals surface area contributed by atoms with Crippen molar-refractivity contribution >= 4 is 23.5 Å². The van der Waals surface area contributed by atoms with Crippen LogP contribution >= 0.6 is 11.6 Å². The predicted molar refractivity (Wildman–Crippen MR) is 130 cm³/mol. The van der Waals surface area contributed by atoms with E-state index in [9.17, 15) is 14.7 Å². The molecule has 3 aromatic carbocycles. The second-order valence-electron chi connectivity index (χ2n) is 7.74. The molecule has 0 atom stereocenters. The van der Waals surface area contributed by atoms with Crippen molar-refractivity contribution in [2.24, 2.45) is 0 Å². The van der Waals surface area contributed by atoms with E-state index in [2.05, 4.69) is 5.32 Å². The van der Waals surface area contributed by atoms with E-state index in [0.29, 0.717) is 22.6 Å². The van der Waals surface area contributed by atoms with Crippen LogP contribution in [0.5, 0.6) is 17.2 Å². The van der Waals surface area contributed by atoms with Crippen molar-refractivity contribution in [3.05, 3.63) is 76.3 Å². The molecule has 34 heavy (non-hydrogen) atoms. The van der Waals surface area contributed by atoms with Crippen molar-refractivity contribution in [3.63, 3.8) is 0 Å². The monoisotopic (exact) mass is 483 g/mol. The van der Waals surface area contributed by atoms with Crippen LogP contribution in [0.15, 0.2) is 54.6 Å². The van der Waals surface area contributed by atoms with Gasteiger partial charge in [0.25, 0.3) is 5.91 Å². The Labute approximate surface area is 203 Å². The first-order valence-electron chi connectivity index (χ1n) is 10.6. The molecule has 0 bridgehead atoms. The highest BCUT2D eigenvalue weighted by molar-refractivity contribution is 6.34. The van der Waals surface area contributed by atoms with E-state index in [1.54, 1.807) is 49.6 Å². The maximum Gasteiger partial charge on any atom is 0.339 e. The van der Waals surface area contributed by atoms with E-state index in [1.165, 1.54) is 7.11 Å². The zero-order valence-electron chi connectivity index (χ0n) is 19.3. The molecule has 0 heterocycles. The van der Waals surface area contributed by atoms with Crippen LogP contribution in [0.25, 0.3) is 11.1 Å². The molecule has 1 amide bonds. The second-order valence-corrected chi connectivity index (χ2v) is 8.14. The minimum atomic E-state index is -1.08. The van der Waals surface area contributed by atoms with Crippen LogP contribution in [-0.2, 0) is 6.54 Å². The van der Waals surface area contributed by atoms with E-state index in [-0.39, 0.29) is 34.9 Å². The highest BCUT2D eigenvalue weighted by Crippen LogP contribution is 2.30. The van der Waals surface area contributed by atoms with Gasteiger partial charge in [0.1, 0.15) is 22.8 Å². The largest absolute Gasteiger partial charge is 0.496 e. The summed E-state index contributed by atoms with van der Waals surface area (Å²) in [5.41, 5.74) is 2.57. The lowest BCUT2D eigenvalue weighted by atomic mass is 9.99. The van der Waals surface area contributed by atoms with E-state index >= 15 is 0 Å². The first-order valence-corrected chi connectivity index (χ1v) is 10.9. The first kappa shape index (κ1) is 24.9. The minimum absolute atomic E-state index is 0.00670. The van der Waals surface area contributed by atoms with Crippen LogP contribution < -0.4 is 19.5 Å². The maximum absolute atomic E-state index is 12.8. The molecule has 7 nitrogen and oxygen atoms in total. The first-order chi connectivity index (χ1) is 16.2. The zero-order chi connectivity index (χ0) is 24.8. The number of carboxylic acid groups (broad SMARTS) is 1. The normalized spacial score (nSPS) is 10.6. The van der Waals surface area contributed by atoms with Gasteiger partial charge in [-0.05, 0) is 67.4 Å². The van der Waals surface area contributed by atoms with E-state index in [4.69, 9.17) is 25.8 Å². The molecule has 0 aliphatic rings. The third kappa shape index (κ3) is 5.80. The summed E-state index contributed by atoms with van der Waals surface area (Å²) in [5, 5.41) is 12.6. The summed E-state index contributed by atoms with van der Waals surface area (Å²) in [6, 6.07) is 15.3. The van der Waals surface area contributed by atoms with Crippen molar-refractivity contribution in [2.45, 2.75) is 26.5 Å². The Hall–Kier alpha value is -3.71. The van der Waals surface area contributed by atoms with Gasteiger partial charge in [-0.1, -0.05) is 23.7 Å². The number of carboxylic acids is 1. The van der Waals surface area contributed by atoms with Gasteiger partial charge in [0.15, 0.2) is 0 Å². The number of amides is 1. The van der Waals surface area contributed by atoms with Gasteiger partial charge in [-0.2, -0.15) is 0 Å². The quantitative estimate of drug-likeness (QED) is 0.421. The van der Waals surface area contributed by atoms with Crippen LogP contribution in [0.1, 0.15) is 40.1 Å². The van der Waals surface area contributed by atoms with Crippen molar-refractivity contribution < 1.29 is 28.9 Å². The Morgan fingerprint density at radius 2 is 1.56 bits per heavy atom. The summed E-state index contributed by atoms with van der Waals surface area (Å²) in [6.45, 7) is 3.99. The summed E-state index contributed by atoms with van der Waals surface area (Å²) in [5.74, 6) is 0.0282. The fourth-order valence-electron chi connectivity index (χ4n) is 3.45. The third-order valence-electron chi connectivity index (χ3n) is 5.04. The molecule has 0 aliphatic heterocycles. The van der Waals surface area contributed by atoms with Crippen LogP contribution in [0.3, 0.4) is 0 Å². The number of hydrogen-bond donors (Lipinski definition) is 2. The van der Waals surface area contributed by atoms with Gasteiger partial charge < -0.3 is 24.6 Å². The van der Waals surface area contributed by atoms with E-state index < -0.39 is 5.97 Å². The number of benzene rings is 3. The number of ether oxygens (including phenoxy) is 3. The summed E-state index contributed by atoms with van der Waals surface area (Å²) < 4.78 is 16.2. The number of methoxy groups -OCH3 is 2. The Kier molecular flexibility index (Phi) is 8.02. The van der Waals surface area contributed by atoms with Gasteiger partial charge in [0.05, 0.1) is 30.9 Å². The number of halogens is 1. The number of aromatic carboxylic acids is 1. The van der Waals surface area contributed by atoms with E-state index in [1.807, 2.05) is 26.0 Å². The summed E-state index contributed by atoms with van der Waals surface area (Å²) >= 11 is 6.29. The topological polar surface area (TPSA) is 94.1 Å². The fourth-order valence-corrected chi connectivity index (χ4v) is 3.70. The number of hydrogen-bond acceptors (Lipinski definition) is 5. The Balaban J connectivity index is 1.83. The highest BCUT2D eigenvalue weighted by atomic mass is 35.5. The number of rotatable bonds is 9. The Morgan fingerprint density at radius 1 is 0.912 bits per heavy atom. The van der Waals surface area contributed by atoms with E-state index in [0.717, 1.165) is 11.1 Å². The van der Waals surface area contributed by atoms with Crippen LogP contribution in [0.2, 0.25) is 5.02 Å². The zero-order valence-corrected chi connectivity index (χ0v) is 20.1. The van der Waals surface area contributed by atoms with Crippen molar-refractivity contribution in [1.29, 1.82) is 0 Å². The third-order valence-corrected chi connectivity index (χ3v) is 5.35. The number of nitrogens with one attached hydrogen (secondary N) is 1. The molecule has 0 unspecified atom stereocenters. The minimum Gasteiger partial charge on any atom is -0.496 e. The molecule has 0 aliphatic carbocycles. The molecule has 0 fully saturated rings. The van der Waals surface area contributed by atoms with Gasteiger partial charge in [0, 0.05) is 12.1 Å². The fraction of sp³-hybridized carbons (Fsp3) is 0.231. The highest BCUT2D eigenvalue weighted by Gasteiger charge is 2.15. The van der Waals surface area contributed by atoms with Gasteiger partial charge in [-0.25, -0.2) is 4.79 Å². The Bertz CT molecular complexity index is 1210. The van der Waals surface area contributed by atoms with Gasteiger partial charge in [-0.3, -0.25) is 4.79 Å². The lowest BCUT2D eigenvalue weighted by Crippen LogP contribution is -2.23. The number of carbonyl (C=O) groups excluding carboxylic acids is 1. The standard InChI is InChI=1S/C26H26ClNO6/c1-15(2)34-19-7-8-20(22(27)13-19)25(29)28-14-18-11-16(5-9-23(18)32-3)17-6-10-24(33-4)21(12-17)26(30)31/h5-13,15H,14H2,1-4H3,(H,28,29)(H,30,31). The molecule has 0 saturated carbocycles. The van der Waals surface area contributed by atoms with Crippen molar-refractivity contribution in [1.82, 2.24) is 5.32 Å². The maximum atomic E-state index is 12.8. The van der Waals surface area contributed by atoms with Crippen LogP contribution in [0, 0.1) is 0 Å². The molecule has 0 saturated heterocycles. The molecular weight excluding hydrogens is 458 g/mol. The molecule has 2 N–H and O–H groups in total. The van der Waals surface area contributed by atoms with Crippen LogP contribution in [0.4, 0.5) is 0 Å². The number of carbonyl (C=O) groups is 2. The summed E-state index contributed by atoms with van der Waals surface area (Å²) in [7, 11) is 2.97. The van der Waals surface area contributed by atoms with Gasteiger partial charge in [-0.15, -0.1) is 0 Å². The molecule has 0 aromatic heterocycles. The van der Waals surface area contributed by atoms with Crippen LogP contribution in [-0.4, -0.2) is 37.3 Å². The van der Waals surface area contributed by atoms with Gasteiger partial charge in [0.2, 0.25) is 0 Å². The lowest BCUT2D eigenvalue weighted by molar-refractivity contribution is 0.0693. The lowest BCUT2D eigenvalue weighted by Gasteiger charge is -2.14. The van der Waals surface area contributed by atoms with Gasteiger partial charge >= 0.3 is 5.97 Å². The Morgan fingerprint density at radius 3 is 2.15 bits per heavy atom. The molecule has 0 radical (unpaired) electrons. The SMILES string of the molecule is COc1ccc(-c2ccc(OC)c(C(=O)O)c2)cc1CNC(=O)c1ccc(OC(C)C)cc1Cl. The molecule has 3 rings (SSSR count). The molecule has 8 heteroatoms. The smallest absolute Gasteiger partial charge is 0.339 e. The average Bonchev–Trinajstić information content (AvgIpc) is 2.81. The molecule has 0 spiro atoms. The average molecular weight is 484 g/mol. The van der Waals surface area contributed by atoms with Crippen molar-refractivity contribution in [2.75, 3.05) is 14.2 Å².